The third kappa shape index (κ3) is 4.41. The summed E-state index contributed by atoms with van der Waals surface area (Å²) in [5.41, 5.74) is 0.754. The van der Waals surface area contributed by atoms with Gasteiger partial charge in [-0.3, -0.25) is 9.78 Å². The van der Waals surface area contributed by atoms with Crippen molar-refractivity contribution in [2.45, 2.75) is 6.18 Å². The van der Waals surface area contributed by atoms with Crippen LogP contribution in [0.2, 0.25) is 0 Å². The quantitative estimate of drug-likeness (QED) is 0.786. The highest BCUT2D eigenvalue weighted by Gasteiger charge is 2.31. The van der Waals surface area contributed by atoms with Crippen LogP contribution in [0.4, 0.5) is 18.9 Å². The van der Waals surface area contributed by atoms with E-state index in [0.29, 0.717) is 31.9 Å². The molecule has 2 heterocycles. The molecular formula is C19H18F3N3O. The first-order chi connectivity index (χ1) is 12.4. The molecule has 0 aliphatic carbocycles. The summed E-state index contributed by atoms with van der Waals surface area (Å²) >= 11 is 0. The number of benzene rings is 1. The summed E-state index contributed by atoms with van der Waals surface area (Å²) in [5.74, 6) is -0.106. The van der Waals surface area contributed by atoms with Crippen LogP contribution in [0, 0.1) is 0 Å². The van der Waals surface area contributed by atoms with E-state index in [1.807, 2.05) is 4.90 Å². The van der Waals surface area contributed by atoms with Crippen LogP contribution < -0.4 is 4.90 Å². The van der Waals surface area contributed by atoms with Crippen molar-refractivity contribution in [1.82, 2.24) is 9.88 Å². The van der Waals surface area contributed by atoms with Gasteiger partial charge < -0.3 is 9.80 Å². The first-order valence-electron chi connectivity index (χ1n) is 8.23. The van der Waals surface area contributed by atoms with Gasteiger partial charge in [-0.15, -0.1) is 0 Å². The van der Waals surface area contributed by atoms with Gasteiger partial charge in [0.05, 0.1) is 5.56 Å². The highest BCUT2D eigenvalue weighted by Crippen LogP contribution is 2.31. The third-order valence-electron chi connectivity index (χ3n) is 4.25. The molecular weight excluding hydrogens is 343 g/mol. The maximum absolute atomic E-state index is 12.8. The average molecular weight is 361 g/mol. The van der Waals surface area contributed by atoms with Crippen molar-refractivity contribution >= 4 is 17.7 Å². The van der Waals surface area contributed by atoms with Crippen molar-refractivity contribution in [2.24, 2.45) is 0 Å². The van der Waals surface area contributed by atoms with Crippen molar-refractivity contribution in [3.05, 3.63) is 66.0 Å². The first kappa shape index (κ1) is 18.0. The molecule has 1 fully saturated rings. The number of rotatable bonds is 3. The summed E-state index contributed by atoms with van der Waals surface area (Å²) in [6.45, 7) is 1.93. The fourth-order valence-corrected chi connectivity index (χ4v) is 2.81. The highest BCUT2D eigenvalue weighted by molar-refractivity contribution is 5.91. The maximum Gasteiger partial charge on any atom is 0.416 e. The minimum Gasteiger partial charge on any atom is -0.368 e. The van der Waals surface area contributed by atoms with Crippen molar-refractivity contribution in [3.8, 4) is 0 Å². The predicted octanol–water partition coefficient (Wildman–Crippen LogP) is 3.46. The van der Waals surface area contributed by atoms with Crippen molar-refractivity contribution < 1.29 is 18.0 Å². The Morgan fingerprint density at radius 1 is 1.04 bits per heavy atom. The number of carbonyl (C=O) groups excluding carboxylic acids is 1. The van der Waals surface area contributed by atoms with Crippen LogP contribution in [0.25, 0.3) is 6.08 Å². The van der Waals surface area contributed by atoms with Crippen molar-refractivity contribution in [2.75, 3.05) is 31.1 Å². The van der Waals surface area contributed by atoms with Gasteiger partial charge in [0, 0.05) is 50.3 Å². The average Bonchev–Trinajstić information content (AvgIpc) is 2.66. The number of carbonyl (C=O) groups is 1. The van der Waals surface area contributed by atoms with Gasteiger partial charge >= 0.3 is 6.18 Å². The van der Waals surface area contributed by atoms with E-state index < -0.39 is 11.7 Å². The van der Waals surface area contributed by atoms with Gasteiger partial charge in [0.1, 0.15) is 0 Å². The summed E-state index contributed by atoms with van der Waals surface area (Å²) in [5, 5.41) is 0. The molecule has 0 spiro atoms. The lowest BCUT2D eigenvalue weighted by Crippen LogP contribution is -2.48. The number of pyridine rings is 1. The normalized spacial score (nSPS) is 15.5. The van der Waals surface area contributed by atoms with Gasteiger partial charge in [0.2, 0.25) is 5.91 Å². The molecule has 0 atom stereocenters. The summed E-state index contributed by atoms with van der Waals surface area (Å²) in [4.78, 5) is 19.7. The molecule has 3 rings (SSSR count). The second-order valence-electron chi connectivity index (χ2n) is 5.97. The number of aromatic nitrogens is 1. The summed E-state index contributed by atoms with van der Waals surface area (Å²) in [6, 6.07) is 8.89. The summed E-state index contributed by atoms with van der Waals surface area (Å²) in [7, 11) is 0. The molecule has 1 aliphatic heterocycles. The molecule has 1 aromatic carbocycles. The molecule has 1 aromatic heterocycles. The Labute approximate surface area is 149 Å². The van der Waals surface area contributed by atoms with Gasteiger partial charge in [-0.05, 0) is 42.0 Å². The van der Waals surface area contributed by atoms with E-state index in [9.17, 15) is 18.0 Å². The summed E-state index contributed by atoms with van der Waals surface area (Å²) < 4.78 is 38.5. The molecule has 1 saturated heterocycles. The van der Waals surface area contributed by atoms with E-state index in [2.05, 4.69) is 4.98 Å². The highest BCUT2D eigenvalue weighted by atomic mass is 19.4. The Morgan fingerprint density at radius 2 is 1.73 bits per heavy atom. The Kier molecular flexibility index (Phi) is 5.25. The van der Waals surface area contributed by atoms with Crippen LogP contribution >= 0.6 is 0 Å². The van der Waals surface area contributed by atoms with Gasteiger partial charge in [0.15, 0.2) is 0 Å². The number of nitrogens with zero attached hydrogens (tertiary/aromatic N) is 3. The Bertz CT molecular complexity index is 782. The second kappa shape index (κ2) is 7.59. The predicted molar refractivity (Wildman–Crippen MR) is 93.5 cm³/mol. The molecule has 0 bridgehead atoms. The lowest BCUT2D eigenvalue weighted by Gasteiger charge is -2.35. The van der Waals surface area contributed by atoms with Crippen molar-refractivity contribution in [1.29, 1.82) is 0 Å². The van der Waals surface area contributed by atoms with Crippen molar-refractivity contribution in [3.63, 3.8) is 0 Å². The third-order valence-corrected chi connectivity index (χ3v) is 4.25. The van der Waals surface area contributed by atoms with Crippen LogP contribution in [0.5, 0.6) is 0 Å². The number of anilines is 1. The number of piperazine rings is 1. The maximum atomic E-state index is 12.8. The van der Waals surface area contributed by atoms with Crippen LogP contribution in [0.15, 0.2) is 54.9 Å². The van der Waals surface area contributed by atoms with E-state index in [1.165, 1.54) is 12.1 Å². The zero-order chi connectivity index (χ0) is 18.6. The van der Waals surface area contributed by atoms with Gasteiger partial charge in [0.25, 0.3) is 0 Å². The van der Waals surface area contributed by atoms with Gasteiger partial charge in [-0.25, -0.2) is 0 Å². The van der Waals surface area contributed by atoms with E-state index in [4.69, 9.17) is 0 Å². The molecule has 1 aliphatic rings. The molecule has 0 unspecified atom stereocenters. The molecule has 1 amide bonds. The lowest BCUT2D eigenvalue weighted by atomic mass is 10.1. The first-order valence-corrected chi connectivity index (χ1v) is 8.23. The number of halogens is 3. The number of hydrogen-bond acceptors (Lipinski definition) is 3. The van der Waals surface area contributed by atoms with E-state index in [-0.39, 0.29) is 5.91 Å². The van der Waals surface area contributed by atoms with Crippen LogP contribution in [0.3, 0.4) is 0 Å². The zero-order valence-corrected chi connectivity index (χ0v) is 14.0. The Balaban J connectivity index is 1.59. The molecule has 0 radical (unpaired) electrons. The van der Waals surface area contributed by atoms with E-state index in [0.717, 1.165) is 17.7 Å². The molecule has 136 valence electrons. The minimum absolute atomic E-state index is 0.106. The monoisotopic (exact) mass is 361 g/mol. The molecule has 26 heavy (non-hydrogen) atoms. The fraction of sp³-hybridized carbons (Fsp3) is 0.263. The molecule has 4 nitrogen and oxygen atoms in total. The number of alkyl halides is 3. The lowest BCUT2D eigenvalue weighted by molar-refractivity contribution is -0.137. The fourth-order valence-electron chi connectivity index (χ4n) is 2.81. The Morgan fingerprint density at radius 3 is 2.38 bits per heavy atom. The Hall–Kier alpha value is -2.83. The smallest absolute Gasteiger partial charge is 0.368 e. The molecule has 0 N–H and O–H groups in total. The minimum atomic E-state index is -4.36. The van der Waals surface area contributed by atoms with Crippen LogP contribution in [0.1, 0.15) is 11.1 Å². The van der Waals surface area contributed by atoms with Gasteiger partial charge in [-0.1, -0.05) is 6.07 Å². The van der Waals surface area contributed by atoms with E-state index in [1.54, 1.807) is 41.6 Å². The molecule has 0 saturated carbocycles. The second-order valence-corrected chi connectivity index (χ2v) is 5.97. The zero-order valence-electron chi connectivity index (χ0n) is 14.0. The van der Waals surface area contributed by atoms with Crippen LogP contribution in [-0.2, 0) is 11.0 Å². The largest absolute Gasteiger partial charge is 0.416 e. The van der Waals surface area contributed by atoms with Crippen LogP contribution in [-0.4, -0.2) is 42.0 Å². The summed E-state index contributed by atoms with van der Waals surface area (Å²) in [6.07, 6.45) is 2.18. The standard InChI is InChI=1S/C19H18F3N3O/c20-19(21,22)16-2-1-3-17(14-16)24-10-12-25(13-11-24)18(26)5-4-15-6-8-23-9-7-15/h1-9,14H,10-13H2/b5-4+. The molecule has 7 heteroatoms. The van der Waals surface area contributed by atoms with Gasteiger partial charge in [-0.2, -0.15) is 13.2 Å². The SMILES string of the molecule is O=C(/C=C/c1ccncc1)N1CCN(c2cccc(C(F)(F)F)c2)CC1. The topological polar surface area (TPSA) is 36.4 Å². The van der Waals surface area contributed by atoms with E-state index >= 15 is 0 Å². The number of hydrogen-bond donors (Lipinski definition) is 0. The molecule has 2 aromatic rings. The number of amides is 1.